The Morgan fingerprint density at radius 2 is 2.50 bits per heavy atom. The van der Waals surface area contributed by atoms with Crippen LogP contribution in [0.3, 0.4) is 0 Å². The fourth-order valence-electron chi connectivity index (χ4n) is 1.19. The molecule has 0 bridgehead atoms. The number of nitrogens with one attached hydrogen (secondary N) is 1. The molecule has 1 heterocycles. The van der Waals surface area contributed by atoms with E-state index in [2.05, 4.69) is 15.5 Å². The molecule has 1 atom stereocenters. The van der Waals surface area contributed by atoms with Crippen LogP contribution in [0, 0.1) is 0 Å². The molecule has 1 rings (SSSR count). The first-order valence-electron chi connectivity index (χ1n) is 4.99. The predicted octanol–water partition coefficient (Wildman–Crippen LogP) is -1.20. The highest BCUT2D eigenvalue weighted by Gasteiger charge is 2.11. The van der Waals surface area contributed by atoms with Crippen LogP contribution in [0.2, 0.25) is 0 Å². The van der Waals surface area contributed by atoms with Gasteiger partial charge in [-0.05, 0) is 0 Å². The van der Waals surface area contributed by atoms with Gasteiger partial charge in [-0.15, -0.1) is 10.2 Å². The number of carbonyl (C=O) groups is 1. The van der Waals surface area contributed by atoms with Crippen LogP contribution < -0.4 is 11.1 Å². The maximum Gasteiger partial charge on any atom is 0.223 e. The first-order valence-corrected chi connectivity index (χ1v) is 4.99. The van der Waals surface area contributed by atoms with Crippen molar-refractivity contribution < 1.29 is 9.53 Å². The first-order chi connectivity index (χ1) is 7.67. The fourth-order valence-corrected chi connectivity index (χ4v) is 1.19. The molecule has 0 saturated carbocycles. The van der Waals surface area contributed by atoms with Gasteiger partial charge in [-0.25, -0.2) is 0 Å². The summed E-state index contributed by atoms with van der Waals surface area (Å²) in [5.74, 6) is 0.593. The van der Waals surface area contributed by atoms with Gasteiger partial charge in [0.15, 0.2) is 5.82 Å². The van der Waals surface area contributed by atoms with E-state index in [0.717, 1.165) is 0 Å². The summed E-state index contributed by atoms with van der Waals surface area (Å²) in [5.41, 5.74) is 5.41. The number of hydrogen-bond acceptors (Lipinski definition) is 5. The number of methoxy groups -OCH3 is 1. The van der Waals surface area contributed by atoms with Gasteiger partial charge < -0.3 is 20.4 Å². The van der Waals surface area contributed by atoms with Crippen molar-refractivity contribution in [1.29, 1.82) is 0 Å². The Morgan fingerprint density at radius 3 is 3.00 bits per heavy atom. The number of carbonyl (C=O) groups excluding carboxylic acids is 1. The van der Waals surface area contributed by atoms with Crippen LogP contribution in [0.1, 0.15) is 12.2 Å². The van der Waals surface area contributed by atoms with Crippen LogP contribution >= 0.6 is 0 Å². The summed E-state index contributed by atoms with van der Waals surface area (Å²) in [4.78, 5) is 11.5. The van der Waals surface area contributed by atoms with Crippen LogP contribution in [-0.4, -0.2) is 40.4 Å². The first kappa shape index (κ1) is 12.6. The van der Waals surface area contributed by atoms with E-state index in [4.69, 9.17) is 10.5 Å². The number of nitrogens with zero attached hydrogens (tertiary/aromatic N) is 3. The van der Waals surface area contributed by atoms with E-state index in [1.54, 1.807) is 10.9 Å². The average Bonchev–Trinajstić information content (AvgIpc) is 2.69. The van der Waals surface area contributed by atoms with E-state index in [9.17, 15) is 4.79 Å². The van der Waals surface area contributed by atoms with Gasteiger partial charge >= 0.3 is 0 Å². The highest BCUT2D eigenvalue weighted by atomic mass is 16.5. The zero-order valence-electron chi connectivity index (χ0n) is 9.51. The lowest BCUT2D eigenvalue weighted by atomic mass is 10.2. The Hall–Kier alpha value is -1.47. The predicted molar refractivity (Wildman–Crippen MR) is 57.3 cm³/mol. The summed E-state index contributed by atoms with van der Waals surface area (Å²) < 4.78 is 6.76. The molecule has 1 aromatic heterocycles. The normalized spacial score (nSPS) is 12.4. The van der Waals surface area contributed by atoms with Crippen LogP contribution in [0.15, 0.2) is 6.33 Å². The van der Waals surface area contributed by atoms with Gasteiger partial charge in [0.05, 0.1) is 19.1 Å². The van der Waals surface area contributed by atoms with Gasteiger partial charge in [0.2, 0.25) is 5.91 Å². The summed E-state index contributed by atoms with van der Waals surface area (Å²) in [6, 6.07) is 0. The van der Waals surface area contributed by atoms with Gasteiger partial charge in [0.1, 0.15) is 6.33 Å². The molecule has 3 N–H and O–H groups in total. The standard InChI is InChI=1S/C9H17N5O2/c1-14-6-12-13-8(14)5-11-9(15)3-7(4-10)16-2/h6-7H,3-5,10H2,1-2H3,(H,11,15). The van der Waals surface area contributed by atoms with E-state index in [1.165, 1.54) is 7.11 Å². The zero-order chi connectivity index (χ0) is 12.0. The second kappa shape index (κ2) is 6.19. The highest BCUT2D eigenvalue weighted by molar-refractivity contribution is 5.76. The number of aryl methyl sites for hydroxylation is 1. The van der Waals surface area contributed by atoms with Crippen molar-refractivity contribution in [3.05, 3.63) is 12.2 Å². The summed E-state index contributed by atoms with van der Waals surface area (Å²) in [5, 5.41) is 10.3. The monoisotopic (exact) mass is 227 g/mol. The number of amides is 1. The molecule has 0 aliphatic heterocycles. The molecule has 0 fully saturated rings. The maximum absolute atomic E-state index is 11.5. The van der Waals surface area contributed by atoms with Crippen molar-refractivity contribution in [2.24, 2.45) is 12.8 Å². The highest BCUT2D eigenvalue weighted by Crippen LogP contribution is 1.96. The topological polar surface area (TPSA) is 95.1 Å². The minimum absolute atomic E-state index is 0.111. The lowest BCUT2D eigenvalue weighted by molar-refractivity contribution is -0.123. The van der Waals surface area contributed by atoms with E-state index in [0.29, 0.717) is 18.9 Å². The van der Waals surface area contributed by atoms with Gasteiger partial charge in [0.25, 0.3) is 0 Å². The fraction of sp³-hybridized carbons (Fsp3) is 0.667. The van der Waals surface area contributed by atoms with Crippen LogP contribution in [0.5, 0.6) is 0 Å². The van der Waals surface area contributed by atoms with Crippen molar-refractivity contribution in [1.82, 2.24) is 20.1 Å². The minimum Gasteiger partial charge on any atom is -0.380 e. The Labute approximate surface area is 94.0 Å². The number of ether oxygens (including phenoxy) is 1. The molecule has 0 spiro atoms. The molecule has 16 heavy (non-hydrogen) atoms. The van der Waals surface area contributed by atoms with E-state index < -0.39 is 0 Å². The SMILES string of the molecule is COC(CN)CC(=O)NCc1nncn1C. The molecule has 7 nitrogen and oxygen atoms in total. The lowest BCUT2D eigenvalue weighted by Crippen LogP contribution is -2.32. The average molecular weight is 227 g/mol. The number of hydrogen-bond donors (Lipinski definition) is 2. The molecule has 0 saturated heterocycles. The quantitative estimate of drug-likeness (QED) is 0.636. The van der Waals surface area contributed by atoms with E-state index in [-0.39, 0.29) is 18.4 Å². The van der Waals surface area contributed by atoms with Crippen LogP contribution in [0.25, 0.3) is 0 Å². The van der Waals surface area contributed by atoms with Gasteiger partial charge in [-0.1, -0.05) is 0 Å². The van der Waals surface area contributed by atoms with Crippen LogP contribution in [-0.2, 0) is 23.1 Å². The second-order valence-corrected chi connectivity index (χ2v) is 3.43. The summed E-state index contributed by atoms with van der Waals surface area (Å²) in [7, 11) is 3.35. The molecule has 0 aromatic carbocycles. The Kier molecular flexibility index (Phi) is 4.87. The molecular formula is C9H17N5O2. The molecule has 1 amide bonds. The second-order valence-electron chi connectivity index (χ2n) is 3.43. The van der Waals surface area contributed by atoms with Crippen molar-refractivity contribution in [2.75, 3.05) is 13.7 Å². The molecule has 90 valence electrons. The zero-order valence-corrected chi connectivity index (χ0v) is 9.51. The van der Waals surface area contributed by atoms with Crippen molar-refractivity contribution >= 4 is 5.91 Å². The molecule has 7 heteroatoms. The van der Waals surface area contributed by atoms with Gasteiger partial charge in [-0.2, -0.15) is 0 Å². The molecule has 1 unspecified atom stereocenters. The Morgan fingerprint density at radius 1 is 1.75 bits per heavy atom. The molecule has 1 aromatic rings. The largest absolute Gasteiger partial charge is 0.380 e. The van der Waals surface area contributed by atoms with Crippen molar-refractivity contribution in [2.45, 2.75) is 19.1 Å². The number of nitrogens with two attached hydrogens (primary N) is 1. The van der Waals surface area contributed by atoms with E-state index in [1.807, 2.05) is 7.05 Å². The number of aromatic nitrogens is 3. The Balaban J connectivity index is 2.33. The molecule has 0 aliphatic carbocycles. The molecular weight excluding hydrogens is 210 g/mol. The third kappa shape index (κ3) is 3.59. The third-order valence-corrected chi connectivity index (χ3v) is 2.26. The maximum atomic E-state index is 11.5. The summed E-state index contributed by atoms with van der Waals surface area (Å²) in [6.45, 7) is 0.685. The van der Waals surface area contributed by atoms with Crippen LogP contribution in [0.4, 0.5) is 0 Å². The van der Waals surface area contributed by atoms with Crippen molar-refractivity contribution in [3.63, 3.8) is 0 Å². The van der Waals surface area contributed by atoms with Crippen molar-refractivity contribution in [3.8, 4) is 0 Å². The van der Waals surface area contributed by atoms with Gasteiger partial charge in [0, 0.05) is 20.7 Å². The smallest absolute Gasteiger partial charge is 0.223 e. The Bertz CT molecular complexity index is 334. The minimum atomic E-state index is -0.237. The summed E-state index contributed by atoms with van der Waals surface area (Å²) >= 11 is 0. The molecule has 0 aliphatic rings. The number of rotatable bonds is 6. The molecule has 0 radical (unpaired) electrons. The summed E-state index contributed by atoms with van der Waals surface area (Å²) in [6.07, 6.45) is 1.60. The van der Waals surface area contributed by atoms with E-state index >= 15 is 0 Å². The lowest BCUT2D eigenvalue weighted by Gasteiger charge is -2.12. The third-order valence-electron chi connectivity index (χ3n) is 2.26. The van der Waals surface area contributed by atoms with Gasteiger partial charge in [-0.3, -0.25) is 4.79 Å².